The molecule has 1 aromatic carbocycles. The van der Waals surface area contributed by atoms with Crippen molar-refractivity contribution in [2.24, 2.45) is 0 Å². The maximum Gasteiger partial charge on any atom is 0.340 e. The minimum atomic E-state index is -0.512. The number of carbonyl (C=O) groups excluding carboxylic acids is 3. The van der Waals surface area contributed by atoms with E-state index < -0.39 is 5.97 Å². The summed E-state index contributed by atoms with van der Waals surface area (Å²) >= 11 is 0. The summed E-state index contributed by atoms with van der Waals surface area (Å²) in [5, 5.41) is 0. The Kier molecular flexibility index (Phi) is 6.63. The molecule has 0 bridgehead atoms. The van der Waals surface area contributed by atoms with Gasteiger partial charge >= 0.3 is 5.97 Å². The number of esters is 1. The number of furan rings is 1. The standard InChI is InChI=1S/C25H27N3O5/c1-18-15-21(19(2)28(18)16-20-7-4-3-5-8-20)25(31)33-17-23(29)26-10-12-27(13-11-26)24(30)22-9-6-14-32-22/h3-9,14-15H,10-13,16-17H2,1-2H3. The van der Waals surface area contributed by atoms with E-state index in [4.69, 9.17) is 9.15 Å². The normalized spacial score (nSPS) is 13.8. The van der Waals surface area contributed by atoms with E-state index in [0.29, 0.717) is 38.3 Å². The Bertz CT molecular complexity index is 1130. The highest BCUT2D eigenvalue weighted by Gasteiger charge is 2.27. The third-order valence-corrected chi connectivity index (χ3v) is 5.96. The van der Waals surface area contributed by atoms with Crippen molar-refractivity contribution in [3.05, 3.63) is 83.1 Å². The van der Waals surface area contributed by atoms with E-state index in [1.54, 1.807) is 28.0 Å². The summed E-state index contributed by atoms with van der Waals surface area (Å²) in [7, 11) is 0. The number of piperazine rings is 1. The van der Waals surface area contributed by atoms with Gasteiger partial charge in [0.15, 0.2) is 12.4 Å². The predicted molar refractivity (Wildman–Crippen MR) is 121 cm³/mol. The van der Waals surface area contributed by atoms with Crippen molar-refractivity contribution in [3.8, 4) is 0 Å². The molecule has 3 heterocycles. The zero-order chi connectivity index (χ0) is 23.4. The van der Waals surface area contributed by atoms with Gasteiger partial charge in [0.25, 0.3) is 11.8 Å². The molecule has 2 aromatic heterocycles. The summed E-state index contributed by atoms with van der Waals surface area (Å²) in [5.41, 5.74) is 3.36. The molecule has 8 heteroatoms. The summed E-state index contributed by atoms with van der Waals surface area (Å²) in [6, 6.07) is 15.1. The molecule has 3 aromatic rings. The minimum absolute atomic E-state index is 0.190. The van der Waals surface area contributed by atoms with Crippen LogP contribution in [-0.4, -0.2) is 64.9 Å². The summed E-state index contributed by atoms with van der Waals surface area (Å²) in [5.74, 6) is -0.688. The van der Waals surface area contributed by atoms with Crippen LogP contribution in [0.1, 0.15) is 37.9 Å². The van der Waals surface area contributed by atoms with Gasteiger partial charge in [-0.05, 0) is 37.6 Å². The zero-order valence-electron chi connectivity index (χ0n) is 18.8. The number of nitrogens with zero attached hydrogens (tertiary/aromatic N) is 3. The van der Waals surface area contributed by atoms with Crippen molar-refractivity contribution in [2.75, 3.05) is 32.8 Å². The van der Waals surface area contributed by atoms with E-state index in [9.17, 15) is 14.4 Å². The van der Waals surface area contributed by atoms with Crippen molar-refractivity contribution in [2.45, 2.75) is 20.4 Å². The Hall–Kier alpha value is -3.81. The van der Waals surface area contributed by atoms with Crippen LogP contribution in [0.2, 0.25) is 0 Å². The molecular formula is C25H27N3O5. The Balaban J connectivity index is 1.30. The number of aryl methyl sites for hydroxylation is 1. The topological polar surface area (TPSA) is 85.0 Å². The van der Waals surface area contributed by atoms with Crippen LogP contribution in [0.4, 0.5) is 0 Å². The number of rotatable bonds is 6. The third kappa shape index (κ3) is 5.00. The van der Waals surface area contributed by atoms with Crippen LogP contribution in [0.5, 0.6) is 0 Å². The Morgan fingerprint density at radius 3 is 2.30 bits per heavy atom. The van der Waals surface area contributed by atoms with Crippen LogP contribution in [0.15, 0.2) is 59.2 Å². The molecule has 2 amide bonds. The second kappa shape index (κ2) is 9.77. The second-order valence-electron chi connectivity index (χ2n) is 8.08. The molecule has 0 saturated carbocycles. The van der Waals surface area contributed by atoms with Gasteiger partial charge in [-0.3, -0.25) is 9.59 Å². The molecule has 0 radical (unpaired) electrons. The average Bonchev–Trinajstić information content (AvgIpc) is 3.47. The van der Waals surface area contributed by atoms with E-state index in [1.807, 2.05) is 44.2 Å². The first-order valence-corrected chi connectivity index (χ1v) is 10.9. The molecule has 172 valence electrons. The molecule has 0 aliphatic carbocycles. The first-order valence-electron chi connectivity index (χ1n) is 10.9. The Labute approximate surface area is 192 Å². The predicted octanol–water partition coefficient (Wildman–Crippen LogP) is 2.89. The van der Waals surface area contributed by atoms with Crippen LogP contribution < -0.4 is 0 Å². The monoisotopic (exact) mass is 449 g/mol. The SMILES string of the molecule is Cc1cc(C(=O)OCC(=O)N2CCN(C(=O)c3ccco3)CC2)c(C)n1Cc1ccccc1. The van der Waals surface area contributed by atoms with Crippen LogP contribution in [-0.2, 0) is 16.1 Å². The van der Waals surface area contributed by atoms with Gasteiger partial charge in [-0.2, -0.15) is 0 Å². The van der Waals surface area contributed by atoms with Crippen LogP contribution >= 0.6 is 0 Å². The third-order valence-electron chi connectivity index (χ3n) is 5.96. The van der Waals surface area contributed by atoms with Crippen LogP contribution in [0.25, 0.3) is 0 Å². The summed E-state index contributed by atoms with van der Waals surface area (Å²) in [6.45, 7) is 5.73. The Morgan fingerprint density at radius 2 is 1.64 bits per heavy atom. The largest absolute Gasteiger partial charge is 0.459 e. The highest BCUT2D eigenvalue weighted by molar-refractivity contribution is 5.93. The molecule has 1 saturated heterocycles. The molecule has 0 unspecified atom stereocenters. The number of hydrogen-bond donors (Lipinski definition) is 0. The van der Waals surface area contributed by atoms with Gasteiger partial charge in [0.2, 0.25) is 0 Å². The quantitative estimate of drug-likeness (QED) is 0.541. The maximum absolute atomic E-state index is 12.7. The number of hydrogen-bond acceptors (Lipinski definition) is 5. The number of benzene rings is 1. The van der Waals surface area contributed by atoms with Gasteiger partial charge in [0, 0.05) is 44.1 Å². The highest BCUT2D eigenvalue weighted by atomic mass is 16.5. The fourth-order valence-electron chi connectivity index (χ4n) is 4.03. The van der Waals surface area contributed by atoms with E-state index in [1.165, 1.54) is 6.26 Å². The van der Waals surface area contributed by atoms with Gasteiger partial charge in [0.05, 0.1) is 11.8 Å². The average molecular weight is 450 g/mol. The lowest BCUT2D eigenvalue weighted by molar-refractivity contribution is -0.136. The summed E-state index contributed by atoms with van der Waals surface area (Å²) in [6.07, 6.45) is 1.46. The lowest BCUT2D eigenvalue weighted by Crippen LogP contribution is -2.51. The molecular weight excluding hydrogens is 422 g/mol. The van der Waals surface area contributed by atoms with Crippen LogP contribution in [0, 0.1) is 13.8 Å². The van der Waals surface area contributed by atoms with E-state index in [-0.39, 0.29) is 24.2 Å². The first-order chi connectivity index (χ1) is 15.9. The van der Waals surface area contributed by atoms with Crippen molar-refractivity contribution >= 4 is 17.8 Å². The van der Waals surface area contributed by atoms with Crippen molar-refractivity contribution in [1.29, 1.82) is 0 Å². The molecule has 0 N–H and O–H groups in total. The van der Waals surface area contributed by atoms with Gasteiger partial charge in [0.1, 0.15) is 0 Å². The van der Waals surface area contributed by atoms with E-state index in [2.05, 4.69) is 4.57 Å². The van der Waals surface area contributed by atoms with Gasteiger partial charge in [-0.1, -0.05) is 30.3 Å². The lowest BCUT2D eigenvalue weighted by atomic mass is 10.2. The van der Waals surface area contributed by atoms with Crippen molar-refractivity contribution in [3.63, 3.8) is 0 Å². The smallest absolute Gasteiger partial charge is 0.340 e. The molecule has 0 spiro atoms. The van der Waals surface area contributed by atoms with Crippen LogP contribution in [0.3, 0.4) is 0 Å². The number of aromatic nitrogens is 1. The zero-order valence-corrected chi connectivity index (χ0v) is 18.8. The molecule has 1 aliphatic heterocycles. The van der Waals surface area contributed by atoms with Crippen molar-refractivity contribution in [1.82, 2.24) is 14.4 Å². The first kappa shape index (κ1) is 22.4. The molecule has 0 atom stereocenters. The van der Waals surface area contributed by atoms with E-state index >= 15 is 0 Å². The summed E-state index contributed by atoms with van der Waals surface area (Å²) < 4.78 is 12.5. The van der Waals surface area contributed by atoms with Crippen molar-refractivity contribution < 1.29 is 23.5 Å². The lowest BCUT2D eigenvalue weighted by Gasteiger charge is -2.34. The van der Waals surface area contributed by atoms with Gasteiger partial charge < -0.3 is 23.5 Å². The molecule has 8 nitrogen and oxygen atoms in total. The molecule has 4 rings (SSSR count). The molecule has 1 aliphatic rings. The number of ether oxygens (including phenoxy) is 1. The maximum atomic E-state index is 12.7. The van der Waals surface area contributed by atoms with Gasteiger partial charge in [-0.25, -0.2) is 4.79 Å². The fraction of sp³-hybridized carbons (Fsp3) is 0.320. The highest BCUT2D eigenvalue weighted by Crippen LogP contribution is 2.18. The molecule has 1 fully saturated rings. The van der Waals surface area contributed by atoms with Gasteiger partial charge in [-0.15, -0.1) is 0 Å². The van der Waals surface area contributed by atoms with E-state index in [0.717, 1.165) is 17.0 Å². The Morgan fingerprint density at radius 1 is 0.939 bits per heavy atom. The second-order valence-corrected chi connectivity index (χ2v) is 8.08. The minimum Gasteiger partial charge on any atom is -0.459 e. The fourth-order valence-corrected chi connectivity index (χ4v) is 4.03. The number of carbonyl (C=O) groups is 3. The summed E-state index contributed by atoms with van der Waals surface area (Å²) in [4.78, 5) is 40.8. The number of amides is 2. The molecule has 33 heavy (non-hydrogen) atoms.